The van der Waals surface area contributed by atoms with Crippen molar-refractivity contribution < 1.29 is 0 Å². The molecule has 0 spiro atoms. The molecule has 1 aromatic heterocycles. The first kappa shape index (κ1) is 30.5. The summed E-state index contributed by atoms with van der Waals surface area (Å²) in [6.07, 6.45) is 0. The molecule has 0 bridgehead atoms. The average molecular weight is 647 g/mol. The van der Waals surface area contributed by atoms with Crippen LogP contribution in [0.5, 0.6) is 0 Å². The normalized spacial score (nSPS) is 13.6. The summed E-state index contributed by atoms with van der Waals surface area (Å²) >= 11 is 0. The van der Waals surface area contributed by atoms with Crippen LogP contribution in [-0.4, -0.2) is 4.57 Å². The van der Waals surface area contributed by atoms with Crippen molar-refractivity contribution in [3.8, 4) is 16.8 Å². The highest BCUT2D eigenvalue weighted by Gasteiger charge is 2.38. The van der Waals surface area contributed by atoms with Gasteiger partial charge in [-0.15, -0.1) is 0 Å². The van der Waals surface area contributed by atoms with Crippen LogP contribution in [0, 0.1) is 6.92 Å². The fourth-order valence-corrected chi connectivity index (χ4v) is 8.31. The molecule has 9 rings (SSSR count). The van der Waals surface area contributed by atoms with Crippen LogP contribution in [-0.2, 0) is 10.8 Å². The molecular formula is C48H42N2. The minimum Gasteiger partial charge on any atom is -0.310 e. The second-order valence-corrected chi connectivity index (χ2v) is 15.6. The third kappa shape index (κ3) is 4.55. The smallest absolute Gasteiger partial charge is 0.0543 e. The van der Waals surface area contributed by atoms with E-state index in [1.54, 1.807) is 0 Å². The maximum Gasteiger partial charge on any atom is 0.0543 e. The summed E-state index contributed by atoms with van der Waals surface area (Å²) in [6.45, 7) is 13.8. The molecule has 0 saturated carbocycles. The van der Waals surface area contributed by atoms with E-state index in [-0.39, 0.29) is 10.8 Å². The van der Waals surface area contributed by atoms with Gasteiger partial charge in [0.05, 0.1) is 16.7 Å². The number of rotatable bonds is 4. The molecule has 1 heterocycles. The van der Waals surface area contributed by atoms with Gasteiger partial charge in [-0.05, 0) is 100 Å². The highest BCUT2D eigenvalue weighted by atomic mass is 15.1. The lowest BCUT2D eigenvalue weighted by Crippen LogP contribution is -2.17. The number of para-hydroxylation sites is 2. The number of hydrogen-bond donors (Lipinski definition) is 0. The lowest BCUT2D eigenvalue weighted by Gasteiger charge is -2.30. The van der Waals surface area contributed by atoms with E-state index in [0.717, 1.165) is 11.4 Å². The Hall–Kier alpha value is -5.60. The van der Waals surface area contributed by atoms with Gasteiger partial charge in [0.25, 0.3) is 0 Å². The fraction of sp³-hybridized carbons (Fsp3) is 0.167. The quantitative estimate of drug-likeness (QED) is 0.185. The molecule has 0 N–H and O–H groups in total. The SMILES string of the molecule is Cc1ccc(N(c2ccc(C(C)(C)C)cc2)c2cc3c(c4ccccc24)-c2ccc(-n4c5ccccc5c5ccccc54)cc2C3(C)C)cc1. The highest BCUT2D eigenvalue weighted by molar-refractivity contribution is 6.11. The molecule has 0 unspecified atom stereocenters. The minimum atomic E-state index is -0.215. The summed E-state index contributed by atoms with van der Waals surface area (Å²) in [7, 11) is 0. The lowest BCUT2D eigenvalue weighted by atomic mass is 9.81. The van der Waals surface area contributed by atoms with E-state index >= 15 is 0 Å². The van der Waals surface area contributed by atoms with Crippen molar-refractivity contribution in [1.82, 2.24) is 4.57 Å². The molecule has 0 saturated heterocycles. The van der Waals surface area contributed by atoms with E-state index in [1.165, 1.54) is 77.3 Å². The van der Waals surface area contributed by atoms with Crippen molar-refractivity contribution in [2.75, 3.05) is 4.90 Å². The van der Waals surface area contributed by atoms with Gasteiger partial charge in [-0.3, -0.25) is 0 Å². The van der Waals surface area contributed by atoms with Crippen molar-refractivity contribution in [2.24, 2.45) is 0 Å². The van der Waals surface area contributed by atoms with Gasteiger partial charge in [-0.25, -0.2) is 0 Å². The molecule has 244 valence electrons. The standard InChI is InChI=1S/C48H42N2/c1-31-19-23-33(24-20-31)49(34-25-21-32(22-26-34)47(2,3)4)45-30-42-46(39-16-8-7-15-38(39)45)40-28-27-35(29-41(40)48(42,5)6)50-43-17-11-9-13-36(43)37-14-10-12-18-44(37)50/h7-30H,1-6H3. The number of aryl methyl sites for hydroxylation is 1. The second-order valence-electron chi connectivity index (χ2n) is 15.6. The molecule has 0 atom stereocenters. The monoisotopic (exact) mass is 646 g/mol. The molecule has 0 aliphatic heterocycles. The lowest BCUT2D eigenvalue weighted by molar-refractivity contribution is 0.590. The van der Waals surface area contributed by atoms with Gasteiger partial charge in [-0.1, -0.05) is 131 Å². The number of fused-ring (bicyclic) bond motifs is 8. The third-order valence-electron chi connectivity index (χ3n) is 11.0. The van der Waals surface area contributed by atoms with Crippen molar-refractivity contribution in [3.63, 3.8) is 0 Å². The average Bonchev–Trinajstić information content (AvgIpc) is 3.57. The van der Waals surface area contributed by atoms with Crippen LogP contribution in [0.3, 0.4) is 0 Å². The van der Waals surface area contributed by atoms with Crippen molar-refractivity contribution in [1.29, 1.82) is 0 Å². The van der Waals surface area contributed by atoms with Gasteiger partial charge in [-0.2, -0.15) is 0 Å². The molecule has 1 aliphatic rings. The van der Waals surface area contributed by atoms with Crippen LogP contribution in [0.25, 0.3) is 49.4 Å². The molecule has 2 nitrogen and oxygen atoms in total. The number of anilines is 3. The molecule has 8 aromatic rings. The Balaban J connectivity index is 1.27. The van der Waals surface area contributed by atoms with E-state index in [4.69, 9.17) is 0 Å². The Morgan fingerprint density at radius 1 is 0.540 bits per heavy atom. The second kappa shape index (κ2) is 11.0. The molecule has 50 heavy (non-hydrogen) atoms. The number of hydrogen-bond acceptors (Lipinski definition) is 1. The van der Waals surface area contributed by atoms with Crippen molar-refractivity contribution in [2.45, 2.75) is 52.4 Å². The summed E-state index contributed by atoms with van der Waals surface area (Å²) in [6, 6.07) is 54.3. The van der Waals surface area contributed by atoms with Crippen molar-refractivity contribution >= 4 is 49.6 Å². The first-order valence-electron chi connectivity index (χ1n) is 17.8. The Morgan fingerprint density at radius 2 is 1.08 bits per heavy atom. The highest BCUT2D eigenvalue weighted by Crippen LogP contribution is 2.55. The third-order valence-corrected chi connectivity index (χ3v) is 11.0. The van der Waals surface area contributed by atoms with Gasteiger partial charge < -0.3 is 9.47 Å². The first-order chi connectivity index (χ1) is 24.1. The van der Waals surface area contributed by atoms with E-state index in [9.17, 15) is 0 Å². The Labute approximate surface area is 295 Å². The Morgan fingerprint density at radius 3 is 1.68 bits per heavy atom. The Bertz CT molecular complexity index is 2540. The van der Waals surface area contributed by atoms with Crippen molar-refractivity contribution in [3.05, 3.63) is 168 Å². The molecule has 0 radical (unpaired) electrons. The first-order valence-corrected chi connectivity index (χ1v) is 17.8. The van der Waals surface area contributed by atoms with E-state index in [0.29, 0.717) is 0 Å². The Kier molecular flexibility index (Phi) is 6.67. The summed E-state index contributed by atoms with van der Waals surface area (Å²) in [4.78, 5) is 2.46. The molecule has 0 amide bonds. The van der Waals surface area contributed by atoms with Crippen LogP contribution in [0.1, 0.15) is 56.9 Å². The van der Waals surface area contributed by atoms with Crippen LogP contribution in [0.4, 0.5) is 17.1 Å². The number of benzene rings is 7. The van der Waals surface area contributed by atoms with E-state index < -0.39 is 0 Å². The molecule has 7 aromatic carbocycles. The van der Waals surface area contributed by atoms with Gasteiger partial charge in [0, 0.05) is 38.6 Å². The van der Waals surface area contributed by atoms with E-state index in [1.807, 2.05) is 0 Å². The summed E-state index contributed by atoms with van der Waals surface area (Å²) < 4.78 is 2.44. The summed E-state index contributed by atoms with van der Waals surface area (Å²) in [5.74, 6) is 0. The predicted octanol–water partition coefficient (Wildman–Crippen LogP) is 13.3. The zero-order valence-electron chi connectivity index (χ0n) is 29.8. The van der Waals surface area contributed by atoms with Crippen LogP contribution >= 0.6 is 0 Å². The maximum atomic E-state index is 2.48. The summed E-state index contributed by atoms with van der Waals surface area (Å²) in [5.41, 5.74) is 15.1. The number of aromatic nitrogens is 1. The van der Waals surface area contributed by atoms with Crippen LogP contribution in [0.15, 0.2) is 146 Å². The van der Waals surface area contributed by atoms with E-state index in [2.05, 4.69) is 197 Å². The zero-order valence-corrected chi connectivity index (χ0v) is 29.8. The molecule has 0 fully saturated rings. The molecule has 1 aliphatic carbocycles. The van der Waals surface area contributed by atoms with Gasteiger partial charge in [0.2, 0.25) is 0 Å². The van der Waals surface area contributed by atoms with Gasteiger partial charge >= 0.3 is 0 Å². The van der Waals surface area contributed by atoms with Gasteiger partial charge in [0.1, 0.15) is 0 Å². The summed E-state index contributed by atoms with van der Waals surface area (Å²) in [5, 5.41) is 5.11. The molecular weight excluding hydrogens is 605 g/mol. The van der Waals surface area contributed by atoms with Crippen LogP contribution in [0.2, 0.25) is 0 Å². The minimum absolute atomic E-state index is 0.0847. The number of nitrogens with zero attached hydrogens (tertiary/aromatic N) is 2. The topological polar surface area (TPSA) is 8.17 Å². The van der Waals surface area contributed by atoms with Crippen LogP contribution < -0.4 is 4.90 Å². The molecule has 2 heteroatoms. The predicted molar refractivity (Wildman–Crippen MR) is 214 cm³/mol. The van der Waals surface area contributed by atoms with Gasteiger partial charge in [0.15, 0.2) is 0 Å². The zero-order chi connectivity index (χ0) is 34.4. The maximum absolute atomic E-state index is 2.48. The fourth-order valence-electron chi connectivity index (χ4n) is 8.31. The largest absolute Gasteiger partial charge is 0.310 e.